The average molecular weight is 339 g/mol. The summed E-state index contributed by atoms with van der Waals surface area (Å²) in [5, 5.41) is 14.8. The number of nitrogens with zero attached hydrogens (tertiary/aromatic N) is 1. The standard InChI is InChI=1S/NO3.4Na.H2O4S.5H2O/c2-1(3)4;;;;;1-5(2,3)4;;;;;/h;;;;;(H2,1,2,3,4);5*1H2/q-1;4*+1;;;;;;/p-3. The zero-order valence-corrected chi connectivity index (χ0v) is 19.0. The molecule has 18 heteroatoms. The summed E-state index contributed by atoms with van der Waals surface area (Å²) in [6.45, 7) is 0. The molecule has 0 spiro atoms. The molecule has 13 nitrogen and oxygen atoms in total. The summed E-state index contributed by atoms with van der Waals surface area (Å²) in [5.41, 5.74) is 0. The maximum Gasteiger partial charge on any atom is 1.00 e. The first-order chi connectivity index (χ1) is 3.73. The summed E-state index contributed by atoms with van der Waals surface area (Å²) >= 11 is 0. The molecule has 0 aliphatic carbocycles. The van der Waals surface area contributed by atoms with Crippen LogP contribution in [0.15, 0.2) is 0 Å². The van der Waals surface area contributed by atoms with Crippen molar-refractivity contribution in [2.75, 3.05) is 0 Å². The molecule has 0 aliphatic heterocycles. The minimum atomic E-state index is -5.17. The molecule has 0 radical (unpaired) electrons. The first-order valence-corrected chi connectivity index (χ1v) is 2.55. The zero-order valence-electron chi connectivity index (χ0n) is 10.2. The Bertz CT molecular complexity index is 167. The third-order valence-corrected chi connectivity index (χ3v) is 0. The Morgan fingerprint density at radius 3 is 0.722 bits per heavy atom. The van der Waals surface area contributed by atoms with Gasteiger partial charge < -0.3 is 51.8 Å². The van der Waals surface area contributed by atoms with Gasteiger partial charge in [0.2, 0.25) is 0 Å². The van der Waals surface area contributed by atoms with E-state index in [0.717, 1.165) is 0 Å². The van der Waals surface area contributed by atoms with Crippen LogP contribution in [0.3, 0.4) is 0 Å². The molecule has 0 saturated heterocycles. The van der Waals surface area contributed by atoms with Gasteiger partial charge in [-0.25, -0.2) is 0 Å². The second-order valence-corrected chi connectivity index (χ2v) is 1.45. The summed E-state index contributed by atoms with van der Waals surface area (Å²) in [5.74, 6) is 0. The van der Waals surface area contributed by atoms with E-state index in [9.17, 15) is 0 Å². The first-order valence-electron chi connectivity index (χ1n) is 1.21. The second-order valence-electron chi connectivity index (χ2n) is 0.632. The van der Waals surface area contributed by atoms with Crippen molar-refractivity contribution in [3.05, 3.63) is 15.3 Å². The molecule has 0 aromatic heterocycles. The molecule has 0 fully saturated rings. The van der Waals surface area contributed by atoms with Crippen LogP contribution in [0.25, 0.3) is 0 Å². The largest absolute Gasteiger partial charge is 1.00 e. The summed E-state index contributed by atoms with van der Waals surface area (Å²) in [7, 11) is -5.17. The summed E-state index contributed by atoms with van der Waals surface area (Å²) in [4.78, 5) is 8.25. The van der Waals surface area contributed by atoms with Crippen LogP contribution in [0.5, 0.6) is 0 Å². The minimum Gasteiger partial charge on any atom is -0.870 e. The minimum absolute atomic E-state index is 0. The van der Waals surface area contributed by atoms with Crippen LogP contribution >= 0.6 is 0 Å². The van der Waals surface area contributed by atoms with Crippen molar-refractivity contribution in [1.82, 2.24) is 0 Å². The molecule has 0 rings (SSSR count). The summed E-state index contributed by atoms with van der Waals surface area (Å²) < 4.78 is 34.1. The average Bonchev–Trinajstić information content (AvgIpc) is 1.19. The van der Waals surface area contributed by atoms with E-state index >= 15 is 0 Å². The molecule has 9 N–H and O–H groups in total. The van der Waals surface area contributed by atoms with Crippen molar-refractivity contribution in [1.29, 1.82) is 0 Å². The molecule has 0 saturated carbocycles. The topological polar surface area (TPSA) is 302 Å². The fraction of sp³-hybridized carbons (Fsp3) is 0. The predicted molar refractivity (Wildman–Crippen MR) is 37.2 cm³/mol. The van der Waals surface area contributed by atoms with Crippen molar-refractivity contribution >= 4 is 10.4 Å². The molecule has 18 heavy (non-hydrogen) atoms. The summed E-state index contributed by atoms with van der Waals surface area (Å²) in [6, 6.07) is 0. The van der Waals surface area contributed by atoms with E-state index < -0.39 is 15.5 Å². The Labute approximate surface area is 190 Å². The third-order valence-electron chi connectivity index (χ3n) is 0. The molecule has 0 atom stereocenters. The van der Waals surface area contributed by atoms with Crippen molar-refractivity contribution < 1.29 is 168 Å². The van der Waals surface area contributed by atoms with E-state index in [2.05, 4.69) is 0 Å². The van der Waals surface area contributed by atoms with Gasteiger partial charge in [-0.15, -0.1) is 0 Å². The number of hydrogen-bond acceptors (Lipinski definition) is 8. The Kier molecular flexibility index (Phi) is 236. The van der Waals surface area contributed by atoms with Crippen molar-refractivity contribution in [2.45, 2.75) is 0 Å². The zero-order chi connectivity index (χ0) is 8.08. The van der Waals surface area contributed by atoms with Crippen LogP contribution in [0, 0.1) is 15.3 Å². The Morgan fingerprint density at radius 2 is 0.722 bits per heavy atom. The van der Waals surface area contributed by atoms with Crippen LogP contribution in [0.1, 0.15) is 0 Å². The van der Waals surface area contributed by atoms with Gasteiger partial charge in [0.1, 0.15) is 0 Å². The maximum atomic E-state index is 8.52. The fourth-order valence-corrected chi connectivity index (χ4v) is 0. The quantitative estimate of drug-likeness (QED) is 0.134. The van der Waals surface area contributed by atoms with Gasteiger partial charge in [0.25, 0.3) is 0 Å². The van der Waals surface area contributed by atoms with E-state index in [1.54, 1.807) is 0 Å². The second kappa shape index (κ2) is 50.2. The predicted octanol–water partition coefficient (Wildman–Crippen LogP) is -17.0. The van der Waals surface area contributed by atoms with Gasteiger partial charge in [-0.3, -0.25) is 8.42 Å². The van der Waals surface area contributed by atoms with Gasteiger partial charge in [-0.2, -0.15) is 0 Å². The van der Waals surface area contributed by atoms with Crippen LogP contribution in [-0.4, -0.2) is 50.0 Å². The van der Waals surface area contributed by atoms with Crippen LogP contribution in [-0.2, 0) is 10.4 Å². The van der Waals surface area contributed by atoms with Crippen molar-refractivity contribution in [3.63, 3.8) is 0 Å². The summed E-state index contributed by atoms with van der Waals surface area (Å²) in [6.07, 6.45) is 0. The van der Waals surface area contributed by atoms with Crippen LogP contribution in [0.2, 0.25) is 0 Å². The molecular formula is H9NNa4O12S. The molecule has 0 aromatic rings. The van der Waals surface area contributed by atoms with Gasteiger partial charge in [0.15, 0.2) is 0 Å². The van der Waals surface area contributed by atoms with E-state index in [1.165, 1.54) is 0 Å². The number of rotatable bonds is 0. The van der Waals surface area contributed by atoms with Gasteiger partial charge in [0.05, 0.1) is 5.09 Å². The van der Waals surface area contributed by atoms with E-state index in [-0.39, 0.29) is 146 Å². The smallest absolute Gasteiger partial charge is 0.870 e. The Balaban J connectivity index is -0.00000000406. The van der Waals surface area contributed by atoms with Gasteiger partial charge in [0, 0.05) is 10.4 Å². The normalized spacial score (nSPS) is 4.56. The van der Waals surface area contributed by atoms with Gasteiger partial charge >= 0.3 is 118 Å². The van der Waals surface area contributed by atoms with Crippen LogP contribution < -0.4 is 118 Å². The van der Waals surface area contributed by atoms with E-state index in [1.807, 2.05) is 0 Å². The fourth-order valence-electron chi connectivity index (χ4n) is 0. The SMILES string of the molecule is O.O.O.O.O=S(=O)([O-])[O-].O=[N+]([O-])[O-].[Na+].[Na+].[Na+].[Na+].[OH-]. The monoisotopic (exact) mass is 339 g/mol. The Morgan fingerprint density at radius 1 is 0.722 bits per heavy atom. The van der Waals surface area contributed by atoms with Crippen molar-refractivity contribution in [2.24, 2.45) is 0 Å². The molecule has 0 bridgehead atoms. The van der Waals surface area contributed by atoms with Crippen LogP contribution in [0.4, 0.5) is 0 Å². The van der Waals surface area contributed by atoms with Crippen molar-refractivity contribution in [3.8, 4) is 0 Å². The molecule has 0 aromatic carbocycles. The van der Waals surface area contributed by atoms with Gasteiger partial charge in [-0.05, 0) is 0 Å². The van der Waals surface area contributed by atoms with E-state index in [4.69, 9.17) is 32.8 Å². The molecule has 0 unspecified atom stereocenters. The van der Waals surface area contributed by atoms with E-state index in [0.29, 0.717) is 0 Å². The Hall–Kier alpha value is 2.87. The molecule has 0 aliphatic rings. The van der Waals surface area contributed by atoms with Gasteiger partial charge in [-0.1, -0.05) is 0 Å². The third kappa shape index (κ3) is 732. The molecular weight excluding hydrogens is 330 g/mol. The maximum absolute atomic E-state index is 8.52. The molecule has 96 valence electrons. The molecule has 0 amide bonds. The first kappa shape index (κ1) is 84.6. The number of hydrogen-bond donors (Lipinski definition) is 0. The molecule has 0 heterocycles.